The number of allylic oxidation sites excluding steroid dienone is 15. The fourth-order valence-electron chi connectivity index (χ4n) is 9.12. The van der Waals surface area contributed by atoms with Crippen molar-refractivity contribution in [2.24, 2.45) is 0 Å². The van der Waals surface area contributed by atoms with Gasteiger partial charge in [-0.05, 0) is 89.9 Å². The van der Waals surface area contributed by atoms with Crippen LogP contribution in [0.5, 0.6) is 0 Å². The van der Waals surface area contributed by atoms with Crippen LogP contribution in [0.1, 0.15) is 303 Å². The normalized spacial score (nSPS) is 13.5. The maximum absolute atomic E-state index is 12.5. The second kappa shape index (κ2) is 61.6. The van der Waals surface area contributed by atoms with E-state index >= 15 is 0 Å². The minimum absolute atomic E-state index is 0.0764. The van der Waals surface area contributed by atoms with Gasteiger partial charge < -0.3 is 15.5 Å². The summed E-state index contributed by atoms with van der Waals surface area (Å²) < 4.78 is 0. The summed E-state index contributed by atoms with van der Waals surface area (Å²) in [5.74, 6) is -0.0764. The predicted octanol–water partition coefficient (Wildman–Crippen LogP) is 20.9. The summed E-state index contributed by atoms with van der Waals surface area (Å²) in [7, 11) is 0. The zero-order valence-corrected chi connectivity index (χ0v) is 47.2. The van der Waals surface area contributed by atoms with E-state index in [-0.39, 0.29) is 12.5 Å². The van der Waals surface area contributed by atoms with E-state index in [1.807, 2.05) is 6.08 Å². The van der Waals surface area contributed by atoms with Crippen LogP contribution in [-0.4, -0.2) is 34.9 Å². The third-order valence-corrected chi connectivity index (χ3v) is 13.8. The van der Waals surface area contributed by atoms with Crippen molar-refractivity contribution >= 4 is 5.91 Å². The first-order chi connectivity index (χ1) is 35.2. The molecule has 0 aromatic rings. The molecule has 0 aliphatic rings. The van der Waals surface area contributed by atoms with Gasteiger partial charge in [0, 0.05) is 6.42 Å². The van der Waals surface area contributed by atoms with Crippen LogP contribution < -0.4 is 5.32 Å². The molecule has 0 spiro atoms. The van der Waals surface area contributed by atoms with Gasteiger partial charge in [0.25, 0.3) is 0 Å². The summed E-state index contributed by atoms with van der Waals surface area (Å²) in [5, 5.41) is 23.2. The standard InChI is InChI=1S/C67H119NO3/c1-3-5-7-9-11-13-15-17-19-21-23-25-27-29-30-31-32-33-34-35-36-37-38-39-41-43-45-47-49-51-53-55-57-59-61-63-67(71)68-65(64-69)66(70)62-60-58-56-54-52-50-48-46-44-42-40-28-26-24-22-20-18-16-14-12-10-8-6-4-2/h5,7,11,13,17,19,23,25,29-30,44,46,52,54,60,62,65-66,69-70H,3-4,6,8-10,12,14-16,18,20-22,24,26-28,31-43,45,47-51,53,55-59,61,63-64H2,1-2H3,(H,68,71)/b7-5-,13-11-,19-17-,25-23-,30-29-,46-44+,54-52+,62-60+. The third-order valence-electron chi connectivity index (χ3n) is 13.8. The van der Waals surface area contributed by atoms with Gasteiger partial charge in [-0.1, -0.05) is 304 Å². The van der Waals surface area contributed by atoms with E-state index in [2.05, 4.69) is 104 Å². The Morgan fingerprint density at radius 3 is 0.986 bits per heavy atom. The van der Waals surface area contributed by atoms with Gasteiger partial charge in [0.2, 0.25) is 5.91 Å². The van der Waals surface area contributed by atoms with Crippen molar-refractivity contribution in [1.29, 1.82) is 0 Å². The second-order valence-corrected chi connectivity index (χ2v) is 20.7. The molecule has 0 aliphatic heterocycles. The van der Waals surface area contributed by atoms with Crippen molar-refractivity contribution < 1.29 is 15.0 Å². The Morgan fingerprint density at radius 2 is 0.634 bits per heavy atom. The summed E-state index contributed by atoms with van der Waals surface area (Å²) in [6, 6.07) is -0.650. The summed E-state index contributed by atoms with van der Waals surface area (Å²) in [4.78, 5) is 12.5. The Bertz CT molecular complexity index is 1300. The van der Waals surface area contributed by atoms with E-state index in [1.54, 1.807) is 6.08 Å². The zero-order chi connectivity index (χ0) is 51.3. The minimum Gasteiger partial charge on any atom is -0.394 e. The molecule has 0 fully saturated rings. The van der Waals surface area contributed by atoms with Gasteiger partial charge in [0.15, 0.2) is 0 Å². The molecule has 1 amide bonds. The van der Waals surface area contributed by atoms with E-state index < -0.39 is 12.1 Å². The fourth-order valence-corrected chi connectivity index (χ4v) is 9.12. The summed E-state index contributed by atoms with van der Waals surface area (Å²) >= 11 is 0. The van der Waals surface area contributed by atoms with E-state index in [0.29, 0.717) is 6.42 Å². The molecule has 2 atom stereocenters. The molecule has 0 bridgehead atoms. The first-order valence-corrected chi connectivity index (χ1v) is 31.0. The van der Waals surface area contributed by atoms with Crippen LogP contribution in [0.2, 0.25) is 0 Å². The largest absolute Gasteiger partial charge is 0.394 e. The molecule has 0 radical (unpaired) electrons. The number of hydrogen-bond donors (Lipinski definition) is 3. The maximum atomic E-state index is 12.5. The monoisotopic (exact) mass is 986 g/mol. The number of aliphatic hydroxyl groups is 2. The molecule has 3 N–H and O–H groups in total. The van der Waals surface area contributed by atoms with Gasteiger partial charge >= 0.3 is 0 Å². The average Bonchev–Trinajstić information content (AvgIpc) is 3.37. The van der Waals surface area contributed by atoms with E-state index in [1.165, 1.54) is 212 Å². The number of unbranched alkanes of at least 4 members (excludes halogenated alkanes) is 35. The van der Waals surface area contributed by atoms with Crippen LogP contribution in [0.3, 0.4) is 0 Å². The maximum Gasteiger partial charge on any atom is 0.220 e. The Balaban J connectivity index is 3.53. The molecule has 410 valence electrons. The third kappa shape index (κ3) is 58.1. The van der Waals surface area contributed by atoms with Crippen LogP contribution in [0.4, 0.5) is 0 Å². The summed E-state index contributed by atoms with van der Waals surface area (Å²) in [6.45, 7) is 4.20. The van der Waals surface area contributed by atoms with Gasteiger partial charge in [-0.3, -0.25) is 4.79 Å². The molecule has 0 aromatic carbocycles. The van der Waals surface area contributed by atoms with E-state index in [9.17, 15) is 15.0 Å². The highest BCUT2D eigenvalue weighted by Gasteiger charge is 2.18. The molecule has 4 nitrogen and oxygen atoms in total. The Morgan fingerprint density at radius 1 is 0.352 bits per heavy atom. The van der Waals surface area contributed by atoms with Crippen LogP contribution in [0.15, 0.2) is 97.2 Å². The van der Waals surface area contributed by atoms with Crippen LogP contribution >= 0.6 is 0 Å². The Hall–Kier alpha value is -2.69. The molecule has 0 saturated heterocycles. The number of carbonyl (C=O) groups excluding carboxylic acids is 1. The second-order valence-electron chi connectivity index (χ2n) is 20.7. The van der Waals surface area contributed by atoms with Crippen molar-refractivity contribution in [1.82, 2.24) is 5.32 Å². The topological polar surface area (TPSA) is 69.6 Å². The molecular formula is C67H119NO3. The lowest BCUT2D eigenvalue weighted by atomic mass is 10.0. The molecule has 71 heavy (non-hydrogen) atoms. The SMILES string of the molecule is CC/C=C\C/C=C\C/C=C\C/C=C\C/C=C\CCCCCCCCCCCCCCCCCCCCCC(=O)NC(CO)C(O)/C=C/CC/C=C/CC/C=C/CCCCCCCCCCCCCCCC. The first kappa shape index (κ1) is 68.3. The highest BCUT2D eigenvalue weighted by molar-refractivity contribution is 5.76. The van der Waals surface area contributed by atoms with Gasteiger partial charge in [-0.15, -0.1) is 0 Å². The molecule has 4 heteroatoms. The molecule has 0 aliphatic carbocycles. The van der Waals surface area contributed by atoms with E-state index in [0.717, 1.165) is 70.6 Å². The lowest BCUT2D eigenvalue weighted by Crippen LogP contribution is -2.45. The predicted molar refractivity (Wildman–Crippen MR) is 317 cm³/mol. The number of rotatable bonds is 56. The van der Waals surface area contributed by atoms with Gasteiger partial charge in [0.05, 0.1) is 18.8 Å². The molecular weight excluding hydrogens is 867 g/mol. The smallest absolute Gasteiger partial charge is 0.220 e. The van der Waals surface area contributed by atoms with Crippen molar-refractivity contribution in [3.63, 3.8) is 0 Å². The van der Waals surface area contributed by atoms with Gasteiger partial charge in [0.1, 0.15) is 0 Å². The van der Waals surface area contributed by atoms with Crippen molar-refractivity contribution in [3.05, 3.63) is 97.2 Å². The van der Waals surface area contributed by atoms with Crippen molar-refractivity contribution in [3.8, 4) is 0 Å². The lowest BCUT2D eigenvalue weighted by Gasteiger charge is -2.19. The zero-order valence-electron chi connectivity index (χ0n) is 47.2. The van der Waals surface area contributed by atoms with Gasteiger partial charge in [-0.25, -0.2) is 0 Å². The van der Waals surface area contributed by atoms with Crippen molar-refractivity contribution in [2.75, 3.05) is 6.61 Å². The quantitative estimate of drug-likeness (QED) is 0.0420. The van der Waals surface area contributed by atoms with Gasteiger partial charge in [-0.2, -0.15) is 0 Å². The Labute approximate surface area is 443 Å². The van der Waals surface area contributed by atoms with Crippen molar-refractivity contribution in [2.45, 2.75) is 315 Å². The molecule has 2 unspecified atom stereocenters. The minimum atomic E-state index is -0.875. The Kier molecular flexibility index (Phi) is 59.3. The number of amides is 1. The molecule has 0 heterocycles. The lowest BCUT2D eigenvalue weighted by molar-refractivity contribution is -0.123. The number of aliphatic hydroxyl groups excluding tert-OH is 2. The van der Waals surface area contributed by atoms with Crippen LogP contribution in [0.25, 0.3) is 0 Å². The highest BCUT2D eigenvalue weighted by Crippen LogP contribution is 2.17. The molecule has 0 saturated carbocycles. The molecule has 0 rings (SSSR count). The van der Waals surface area contributed by atoms with E-state index in [4.69, 9.17) is 0 Å². The fraction of sp³-hybridized carbons (Fsp3) is 0.746. The van der Waals surface area contributed by atoms with Crippen LogP contribution in [-0.2, 0) is 4.79 Å². The number of carbonyl (C=O) groups is 1. The highest BCUT2D eigenvalue weighted by atomic mass is 16.3. The molecule has 0 aromatic heterocycles. The first-order valence-electron chi connectivity index (χ1n) is 31.0. The number of nitrogens with one attached hydrogen (secondary N) is 1. The average molecular weight is 987 g/mol. The van der Waals surface area contributed by atoms with Crippen LogP contribution in [0, 0.1) is 0 Å². The number of hydrogen-bond acceptors (Lipinski definition) is 3. The summed E-state index contributed by atoms with van der Waals surface area (Å²) in [6.07, 6.45) is 91.7. The summed E-state index contributed by atoms with van der Waals surface area (Å²) in [5.41, 5.74) is 0.